The van der Waals surface area contributed by atoms with Crippen molar-refractivity contribution in [2.24, 2.45) is 23.1 Å². The summed E-state index contributed by atoms with van der Waals surface area (Å²) in [5.74, 6) is 0.667. The van der Waals surface area contributed by atoms with Crippen molar-refractivity contribution in [1.82, 2.24) is 0 Å². The van der Waals surface area contributed by atoms with Gasteiger partial charge in [-0.2, -0.15) is 0 Å². The van der Waals surface area contributed by atoms with Crippen LogP contribution in [0.4, 0.5) is 0 Å². The number of nitrogens with two attached hydrogens (primary N) is 3. The second-order valence-corrected chi connectivity index (χ2v) is 15.8. The summed E-state index contributed by atoms with van der Waals surface area (Å²) in [5.41, 5.74) is 16.5. The maximum atomic E-state index is 9.33. The van der Waals surface area contributed by atoms with Crippen LogP contribution in [0.15, 0.2) is 0 Å². The van der Waals surface area contributed by atoms with Crippen LogP contribution in [0.5, 0.6) is 0 Å². The molecule has 0 aromatic rings. The molecule has 0 radical (unpaired) electrons. The van der Waals surface area contributed by atoms with Crippen LogP contribution in [0.2, 0.25) is 0 Å². The van der Waals surface area contributed by atoms with Crippen molar-refractivity contribution >= 4 is 38.0 Å². The third kappa shape index (κ3) is 325. The van der Waals surface area contributed by atoms with E-state index in [1.165, 1.54) is 19.3 Å². The molecule has 0 aliphatic heterocycles. The minimum atomic E-state index is -3.64. The van der Waals surface area contributed by atoms with E-state index in [1.54, 1.807) is 0 Å². The Morgan fingerprint density at radius 3 is 0.811 bits per heavy atom. The average molecular weight is 653 g/mol. The molecule has 0 aliphatic rings. The van der Waals surface area contributed by atoms with Gasteiger partial charge in [-0.25, -0.2) is 0 Å². The second-order valence-electron chi connectivity index (χ2n) is 7.49. The molecule has 1 unspecified atom stereocenters. The van der Waals surface area contributed by atoms with E-state index >= 15 is 0 Å². The second kappa shape index (κ2) is 26.8. The van der Waals surface area contributed by atoms with Crippen LogP contribution < -0.4 is 17.2 Å². The molecule has 0 amide bonds. The molecule has 37 heavy (non-hydrogen) atoms. The third-order valence-corrected chi connectivity index (χ3v) is 2.22. The van der Waals surface area contributed by atoms with E-state index < -0.39 is 38.0 Å². The molecular weight excluding hydrogens is 605 g/mol. The van der Waals surface area contributed by atoms with E-state index in [0.717, 1.165) is 65.8 Å². The maximum Gasteiger partial charge on any atom is 0.322 e. The molecule has 1 atom stereocenters. The van der Waals surface area contributed by atoms with E-state index in [0.29, 0.717) is 5.92 Å². The summed E-state index contributed by atoms with van der Waals surface area (Å²) in [6, 6.07) is 0. The van der Waals surface area contributed by atoms with E-state index in [-0.39, 0.29) is 0 Å². The van der Waals surface area contributed by atoms with Crippen LogP contribution >= 0.6 is 38.0 Å². The molecule has 23 heteroatoms. The monoisotopic (exact) mass is 653 g/mol. The summed E-state index contributed by atoms with van der Waals surface area (Å²) in [4.78, 5) is 76.3. The number of hydrogen-bond acceptors (Lipinski definition) is 8. The van der Waals surface area contributed by atoms with Crippen LogP contribution in [0.3, 0.4) is 0 Å². The van der Waals surface area contributed by atoms with E-state index in [1.807, 2.05) is 0 Å². The highest BCUT2D eigenvalue weighted by atomic mass is 31.2. The van der Waals surface area contributed by atoms with Crippen molar-refractivity contribution in [3.05, 3.63) is 0 Å². The first-order valence-corrected chi connectivity index (χ1v) is 20.4. The zero-order chi connectivity index (χ0) is 31.7. The molecule has 16 N–H and O–H groups in total. The molecule has 0 fully saturated rings. The van der Waals surface area contributed by atoms with Gasteiger partial charge in [0, 0.05) is 33.3 Å². The summed E-state index contributed by atoms with van der Waals surface area (Å²) in [5, 5.41) is 0. The van der Waals surface area contributed by atoms with Gasteiger partial charge in [-0.1, -0.05) is 6.42 Å². The summed E-state index contributed by atoms with van der Waals surface area (Å²) in [6.45, 7) is 6.65. The van der Waals surface area contributed by atoms with Crippen LogP contribution in [0.25, 0.3) is 0 Å². The molecule has 18 nitrogen and oxygen atoms in total. The highest BCUT2D eigenvalue weighted by molar-refractivity contribution is 7.51. The Labute approximate surface area is 218 Å². The third-order valence-electron chi connectivity index (χ3n) is 2.22. The summed E-state index contributed by atoms with van der Waals surface area (Å²) < 4.78 is 46.6. The summed E-state index contributed by atoms with van der Waals surface area (Å²) in [7, 11) is -18.2. The van der Waals surface area contributed by atoms with Crippen LogP contribution in [-0.4, -0.2) is 102 Å². The first-order valence-electron chi connectivity index (χ1n) is 10.1. The van der Waals surface area contributed by atoms with Crippen molar-refractivity contribution < 1.29 is 71.8 Å². The van der Waals surface area contributed by atoms with Crippen molar-refractivity contribution in [1.29, 1.82) is 0 Å². The normalized spacial score (nSPS) is 12.3. The molecule has 0 aromatic carbocycles. The largest absolute Gasteiger partial charge is 0.330 e. The Balaban J connectivity index is -0.0000000825. The topological polar surface area (TPSA) is 366 Å². The Bertz CT molecular complexity index is 571. The van der Waals surface area contributed by atoms with Gasteiger partial charge in [0.1, 0.15) is 0 Å². The lowest BCUT2D eigenvalue weighted by molar-refractivity contribution is 0.379. The first kappa shape index (κ1) is 50.5. The van der Waals surface area contributed by atoms with Gasteiger partial charge in [-0.3, -0.25) is 22.8 Å². The predicted molar refractivity (Wildman–Crippen MR) is 144 cm³/mol. The predicted octanol–water partition coefficient (Wildman–Crippen LogP) is -0.601. The fraction of sp³-hybridized carbons (Fsp3) is 1.00. The number of rotatable bonds is 8. The highest BCUT2D eigenvalue weighted by Crippen LogP contribution is 2.28. The zero-order valence-corrected chi connectivity index (χ0v) is 26.2. The Hall–Kier alpha value is 0.630. The minimum absolute atomic E-state index is 0.667. The van der Waals surface area contributed by atoms with E-state index in [4.69, 9.17) is 66.1 Å². The van der Waals surface area contributed by atoms with Crippen molar-refractivity contribution in [2.45, 2.75) is 32.1 Å². The molecule has 0 saturated carbocycles. The van der Waals surface area contributed by atoms with Gasteiger partial charge in [0.25, 0.3) is 0 Å². The lowest BCUT2D eigenvalue weighted by Crippen LogP contribution is -2.16. The smallest absolute Gasteiger partial charge is 0.322 e. The van der Waals surface area contributed by atoms with Crippen LogP contribution in [-0.2, 0) is 22.8 Å². The van der Waals surface area contributed by atoms with Gasteiger partial charge in [-0.15, -0.1) is 0 Å². The Morgan fingerprint density at radius 1 is 0.459 bits per heavy atom. The van der Waals surface area contributed by atoms with Gasteiger partial charge in [0.05, 0.1) is 0 Å². The molecule has 234 valence electrons. The van der Waals surface area contributed by atoms with E-state index in [9.17, 15) is 22.8 Å². The van der Waals surface area contributed by atoms with E-state index in [2.05, 4.69) is 0 Å². The van der Waals surface area contributed by atoms with Gasteiger partial charge >= 0.3 is 38.0 Å². The molecule has 0 rings (SSSR count). The number of hydrogen-bond donors (Lipinski definition) is 13. The Morgan fingerprint density at radius 2 is 0.649 bits per heavy atom. The van der Waals surface area contributed by atoms with Crippen LogP contribution in [0.1, 0.15) is 32.1 Å². The minimum Gasteiger partial charge on any atom is -0.330 e. The van der Waals surface area contributed by atoms with Gasteiger partial charge in [-0.05, 0) is 51.2 Å². The standard InChI is InChI=1S/C9H23N3.5CH5O3P/c10-6-2-1-4-9(8-12)5-3-7-11;5*1-5(2,3)4/h9H,1-8,10-12H2;5*1H3,(H2,2,3,4). The SMILES string of the molecule is CP(=O)(O)O.CP(=O)(O)O.CP(=O)(O)O.CP(=O)(O)O.CP(=O)(O)O.NCCCCC(CN)CCCN. The van der Waals surface area contributed by atoms with Gasteiger partial charge < -0.3 is 66.1 Å². The fourth-order valence-corrected chi connectivity index (χ4v) is 1.36. The average Bonchev–Trinajstić information content (AvgIpc) is 2.50. The van der Waals surface area contributed by atoms with Crippen molar-refractivity contribution in [3.63, 3.8) is 0 Å². The molecule has 0 bridgehead atoms. The van der Waals surface area contributed by atoms with Gasteiger partial charge in [0.2, 0.25) is 0 Å². The van der Waals surface area contributed by atoms with Crippen molar-refractivity contribution in [3.8, 4) is 0 Å². The maximum absolute atomic E-state index is 9.33. The lowest BCUT2D eigenvalue weighted by Gasteiger charge is -2.13. The highest BCUT2D eigenvalue weighted by Gasteiger charge is 2.04. The molecule has 0 aromatic heterocycles. The van der Waals surface area contributed by atoms with Crippen molar-refractivity contribution in [2.75, 3.05) is 53.0 Å². The molecular formula is C14H48N3O15P5. The van der Waals surface area contributed by atoms with Gasteiger partial charge in [0.15, 0.2) is 0 Å². The summed E-state index contributed by atoms with van der Waals surface area (Å²) >= 11 is 0. The number of unbranched alkanes of at least 4 members (excludes halogenated alkanes) is 1. The molecule has 0 heterocycles. The molecule has 0 aliphatic carbocycles. The molecule has 0 saturated heterocycles. The lowest BCUT2D eigenvalue weighted by atomic mass is 9.97. The quantitative estimate of drug-likeness (QED) is 0.115. The molecule has 0 spiro atoms. The first-order chi connectivity index (χ1) is 15.8. The zero-order valence-electron chi connectivity index (χ0n) is 21.7. The summed E-state index contributed by atoms with van der Waals surface area (Å²) in [6.07, 6.45) is 5.83. The van der Waals surface area contributed by atoms with Crippen LogP contribution in [0, 0.1) is 5.92 Å². The fourth-order valence-electron chi connectivity index (χ4n) is 1.36. The Kier molecular flexibility index (Phi) is 36.6.